The largest absolute Gasteiger partial charge is 0.351 e. The third-order valence-electron chi connectivity index (χ3n) is 5.50. The average Bonchev–Trinajstić information content (AvgIpc) is 2.73. The maximum atomic E-state index is 12.5. The molecule has 0 bridgehead atoms. The van der Waals surface area contributed by atoms with Crippen LogP contribution < -0.4 is 10.6 Å². The van der Waals surface area contributed by atoms with E-state index < -0.39 is 0 Å². The first kappa shape index (κ1) is 20.3. The number of hydrogen-bond acceptors (Lipinski definition) is 2. The van der Waals surface area contributed by atoms with E-state index >= 15 is 0 Å². The Morgan fingerprint density at radius 2 is 1.75 bits per heavy atom. The second-order valence-corrected chi connectivity index (χ2v) is 8.15. The fourth-order valence-electron chi connectivity index (χ4n) is 3.76. The van der Waals surface area contributed by atoms with Gasteiger partial charge in [-0.2, -0.15) is 0 Å². The molecule has 1 fully saturated rings. The van der Waals surface area contributed by atoms with Crippen LogP contribution >= 0.6 is 9.24 Å². The Kier molecular flexibility index (Phi) is 7.01. The van der Waals surface area contributed by atoms with Gasteiger partial charge >= 0.3 is 0 Å². The van der Waals surface area contributed by atoms with Gasteiger partial charge in [0.15, 0.2) is 0 Å². The van der Waals surface area contributed by atoms with Crippen molar-refractivity contribution in [3.63, 3.8) is 0 Å². The number of amides is 1. The van der Waals surface area contributed by atoms with Crippen molar-refractivity contribution >= 4 is 26.7 Å². The highest BCUT2D eigenvalue weighted by atomic mass is 31.0. The lowest BCUT2D eigenvalue weighted by Gasteiger charge is -2.36. The van der Waals surface area contributed by atoms with Crippen molar-refractivity contribution < 1.29 is 9.59 Å². The fraction of sp³-hybridized carbons (Fsp3) is 0.333. The number of hydrogen-bond donors (Lipinski definition) is 1. The summed E-state index contributed by atoms with van der Waals surface area (Å²) in [5.74, 6) is 6.21. The van der Waals surface area contributed by atoms with Gasteiger partial charge in [0.25, 0.3) is 5.91 Å². The van der Waals surface area contributed by atoms with Crippen LogP contribution in [0.25, 0.3) is 0 Å². The smallest absolute Gasteiger partial charge is 0.251 e. The van der Waals surface area contributed by atoms with E-state index in [1.165, 1.54) is 6.42 Å². The second-order valence-electron chi connectivity index (χ2n) is 7.53. The van der Waals surface area contributed by atoms with E-state index in [0.29, 0.717) is 18.5 Å². The lowest BCUT2D eigenvalue weighted by atomic mass is 9.72. The summed E-state index contributed by atoms with van der Waals surface area (Å²) in [6, 6.07) is 15.3. The van der Waals surface area contributed by atoms with Crippen molar-refractivity contribution in [2.75, 3.05) is 6.54 Å². The Morgan fingerprint density at radius 1 is 1.04 bits per heavy atom. The van der Waals surface area contributed by atoms with Gasteiger partial charge in [-0.3, -0.25) is 4.79 Å². The number of rotatable bonds is 5. The summed E-state index contributed by atoms with van der Waals surface area (Å²) in [5, 5.41) is 4.11. The van der Waals surface area contributed by atoms with Crippen molar-refractivity contribution in [1.82, 2.24) is 5.32 Å². The van der Waals surface area contributed by atoms with E-state index in [2.05, 4.69) is 26.4 Å². The highest BCUT2D eigenvalue weighted by Crippen LogP contribution is 2.38. The van der Waals surface area contributed by atoms with Crippen molar-refractivity contribution in [3.8, 4) is 11.8 Å². The van der Waals surface area contributed by atoms with Crippen LogP contribution in [0.3, 0.4) is 0 Å². The van der Waals surface area contributed by atoms with E-state index in [4.69, 9.17) is 0 Å². The molecule has 1 unspecified atom stereocenters. The summed E-state index contributed by atoms with van der Waals surface area (Å²) < 4.78 is 0. The molecule has 1 aliphatic carbocycles. The van der Waals surface area contributed by atoms with Crippen LogP contribution in [0, 0.1) is 17.3 Å². The van der Waals surface area contributed by atoms with Crippen molar-refractivity contribution in [2.24, 2.45) is 5.41 Å². The monoisotopic (exact) mass is 391 g/mol. The highest BCUT2D eigenvalue weighted by molar-refractivity contribution is 7.27. The predicted molar refractivity (Wildman–Crippen MR) is 117 cm³/mol. The Bertz CT molecular complexity index is 887. The van der Waals surface area contributed by atoms with Gasteiger partial charge in [0, 0.05) is 29.7 Å². The standard InChI is InChI=1S/C24H26NO2P/c26-17-16-24(14-4-1-5-15-24)18-25-23(27)21-12-9-19(10-13-21)8-11-20-6-2-3-7-22(20)28/h2-3,6-7,9-10,12-13,17H,1,4-5,14-16,18,28H2,(H,25,27). The van der Waals surface area contributed by atoms with Crippen LogP contribution in [0.15, 0.2) is 48.5 Å². The molecule has 3 rings (SSSR count). The lowest BCUT2D eigenvalue weighted by molar-refractivity contribution is -0.110. The summed E-state index contributed by atoms with van der Waals surface area (Å²) in [7, 11) is 2.69. The second kappa shape index (κ2) is 9.67. The molecule has 2 aromatic carbocycles. The van der Waals surface area contributed by atoms with E-state index in [0.717, 1.165) is 48.4 Å². The highest BCUT2D eigenvalue weighted by Gasteiger charge is 2.32. The van der Waals surface area contributed by atoms with Crippen molar-refractivity contribution in [3.05, 3.63) is 65.2 Å². The molecule has 1 amide bonds. The summed E-state index contributed by atoms with van der Waals surface area (Å²) in [6.45, 7) is 0.567. The number of nitrogens with one attached hydrogen (secondary N) is 1. The first-order valence-electron chi connectivity index (χ1n) is 9.80. The first-order valence-corrected chi connectivity index (χ1v) is 10.4. The summed E-state index contributed by atoms with van der Waals surface area (Å²) >= 11 is 0. The zero-order valence-corrected chi connectivity index (χ0v) is 17.2. The summed E-state index contributed by atoms with van der Waals surface area (Å²) in [5.41, 5.74) is 2.40. The first-order chi connectivity index (χ1) is 13.6. The van der Waals surface area contributed by atoms with Gasteiger partial charge in [0.2, 0.25) is 0 Å². The molecule has 28 heavy (non-hydrogen) atoms. The molecule has 0 saturated heterocycles. The maximum absolute atomic E-state index is 12.5. The zero-order valence-electron chi connectivity index (χ0n) is 16.0. The van der Waals surface area contributed by atoms with Crippen molar-refractivity contribution in [2.45, 2.75) is 38.5 Å². The minimum absolute atomic E-state index is 0.0629. The Labute approximate surface area is 169 Å². The van der Waals surface area contributed by atoms with Crippen LogP contribution in [0.2, 0.25) is 0 Å². The molecule has 0 heterocycles. The Morgan fingerprint density at radius 3 is 2.43 bits per heavy atom. The molecule has 144 valence electrons. The molecule has 0 aromatic heterocycles. The normalized spacial score (nSPS) is 15.2. The topological polar surface area (TPSA) is 46.2 Å². The van der Waals surface area contributed by atoms with Crippen molar-refractivity contribution in [1.29, 1.82) is 0 Å². The molecule has 0 aliphatic heterocycles. The molecule has 1 saturated carbocycles. The summed E-state index contributed by atoms with van der Waals surface area (Å²) in [6.07, 6.45) is 7.04. The van der Waals surface area contributed by atoms with E-state index in [1.807, 2.05) is 36.4 Å². The quantitative estimate of drug-likeness (QED) is 0.478. The lowest BCUT2D eigenvalue weighted by Crippen LogP contribution is -2.39. The fourth-order valence-corrected chi connectivity index (χ4v) is 4.04. The van der Waals surface area contributed by atoms with E-state index in [-0.39, 0.29) is 11.3 Å². The molecular formula is C24H26NO2P. The van der Waals surface area contributed by atoms with Gasteiger partial charge in [-0.15, -0.1) is 9.24 Å². The molecule has 4 heteroatoms. The molecular weight excluding hydrogens is 365 g/mol. The van der Waals surface area contributed by atoms with E-state index in [9.17, 15) is 9.59 Å². The third-order valence-corrected chi connectivity index (χ3v) is 6.01. The average molecular weight is 391 g/mol. The van der Waals surface area contributed by atoms with Crippen LogP contribution in [-0.2, 0) is 4.79 Å². The number of benzene rings is 2. The SMILES string of the molecule is O=CCC1(CNC(=O)c2ccc(C#Cc3ccccc3P)cc2)CCCCC1. The third kappa shape index (κ3) is 5.31. The van der Waals surface area contributed by atoms with Crippen LogP contribution in [0.5, 0.6) is 0 Å². The Balaban J connectivity index is 1.62. The van der Waals surface area contributed by atoms with E-state index in [1.54, 1.807) is 12.1 Å². The predicted octanol–water partition coefficient (Wildman–Crippen LogP) is 3.86. The molecule has 1 N–H and O–H groups in total. The molecule has 0 radical (unpaired) electrons. The van der Waals surface area contributed by atoms with Gasteiger partial charge < -0.3 is 10.1 Å². The number of aldehydes is 1. The maximum Gasteiger partial charge on any atom is 0.251 e. The van der Waals surface area contributed by atoms with Crippen LogP contribution in [-0.4, -0.2) is 18.7 Å². The molecule has 1 atom stereocenters. The van der Waals surface area contributed by atoms with Crippen LogP contribution in [0.1, 0.15) is 60.0 Å². The van der Waals surface area contributed by atoms with Crippen LogP contribution in [0.4, 0.5) is 0 Å². The molecule has 3 nitrogen and oxygen atoms in total. The summed E-state index contributed by atoms with van der Waals surface area (Å²) in [4.78, 5) is 23.6. The van der Waals surface area contributed by atoms with Gasteiger partial charge in [0.1, 0.15) is 6.29 Å². The molecule has 0 spiro atoms. The van der Waals surface area contributed by atoms with Gasteiger partial charge in [-0.25, -0.2) is 0 Å². The number of carbonyl (C=O) groups is 2. The van der Waals surface area contributed by atoms with Gasteiger partial charge in [-0.1, -0.05) is 49.3 Å². The van der Waals surface area contributed by atoms with Gasteiger partial charge in [-0.05, 0) is 53.9 Å². The minimum Gasteiger partial charge on any atom is -0.351 e. The number of carbonyl (C=O) groups excluding carboxylic acids is 2. The Hall–Kier alpha value is -2.43. The zero-order chi connectivity index (χ0) is 19.8. The van der Waals surface area contributed by atoms with Gasteiger partial charge in [0.05, 0.1) is 0 Å². The molecule has 1 aliphatic rings. The minimum atomic E-state index is -0.0920. The molecule has 2 aromatic rings.